The first-order valence-corrected chi connectivity index (χ1v) is 6.00. The van der Waals surface area contributed by atoms with E-state index >= 15 is 0 Å². The van der Waals surface area contributed by atoms with Crippen molar-refractivity contribution in [1.82, 2.24) is 5.43 Å². The van der Waals surface area contributed by atoms with Gasteiger partial charge in [0.1, 0.15) is 16.5 Å². The normalized spacial score (nSPS) is 11.7. The van der Waals surface area contributed by atoms with Crippen LogP contribution in [0.3, 0.4) is 0 Å². The Morgan fingerprint density at radius 3 is 2.50 bits per heavy atom. The number of thioether (sulfide) groups is 1. The van der Waals surface area contributed by atoms with Crippen molar-refractivity contribution in [1.29, 1.82) is 0 Å². The van der Waals surface area contributed by atoms with Crippen molar-refractivity contribution < 1.29 is 14.6 Å². The molecule has 1 rings (SSSR count). The summed E-state index contributed by atoms with van der Waals surface area (Å²) < 4.78 is 5.30. The Bertz CT molecular complexity index is 445. The van der Waals surface area contributed by atoms with E-state index in [1.165, 1.54) is 0 Å². The molecular weight excluding hydrogens is 254 g/mol. The molecule has 1 aromatic carbocycles. The molecule has 1 aromatic rings. The fourth-order valence-electron chi connectivity index (χ4n) is 1.15. The summed E-state index contributed by atoms with van der Waals surface area (Å²) in [5.41, 5.74) is 7.34. The lowest BCUT2D eigenvalue weighted by Crippen LogP contribution is -2.26. The van der Waals surface area contributed by atoms with Crippen LogP contribution < -0.4 is 21.7 Å². The van der Waals surface area contributed by atoms with E-state index in [0.717, 1.165) is 22.4 Å². The molecule has 0 aliphatic heterocycles. The molecule has 0 aromatic heterocycles. The second kappa shape index (κ2) is 6.77. The minimum absolute atomic E-state index is 0.187. The monoisotopic (exact) mass is 269 g/mol. The van der Waals surface area contributed by atoms with Gasteiger partial charge in [0.25, 0.3) is 0 Å². The smallest absolute Gasteiger partial charge is 0.354 e. The summed E-state index contributed by atoms with van der Waals surface area (Å²) in [6.45, 7) is 2.49. The number of carboxylic acids is 1. The van der Waals surface area contributed by atoms with E-state index < -0.39 is 5.97 Å². The number of aliphatic carboxylic acids is 1. The predicted molar refractivity (Wildman–Crippen MR) is 69.6 cm³/mol. The van der Waals surface area contributed by atoms with Gasteiger partial charge in [0.05, 0.1) is 6.61 Å². The van der Waals surface area contributed by atoms with Gasteiger partial charge in [-0.1, -0.05) is 11.8 Å². The van der Waals surface area contributed by atoms with Crippen LogP contribution in [0.15, 0.2) is 39.9 Å². The van der Waals surface area contributed by atoms with Crippen LogP contribution in [0.25, 0.3) is 0 Å². The summed E-state index contributed by atoms with van der Waals surface area (Å²) >= 11 is 1.13. The largest absolute Gasteiger partial charge is 0.494 e. The van der Waals surface area contributed by atoms with Crippen LogP contribution in [-0.2, 0) is 4.79 Å². The van der Waals surface area contributed by atoms with Crippen molar-refractivity contribution in [3.63, 3.8) is 0 Å². The number of rotatable bonds is 6. The molecule has 0 fully saturated rings. The Labute approximate surface area is 109 Å². The predicted octanol–water partition coefficient (Wildman–Crippen LogP) is 0.853. The molecular formula is C11H15N3O3S. The fourth-order valence-corrected chi connectivity index (χ4v) is 1.91. The van der Waals surface area contributed by atoms with Gasteiger partial charge in [0.2, 0.25) is 0 Å². The third-order valence-electron chi connectivity index (χ3n) is 1.96. The highest BCUT2D eigenvalue weighted by Gasteiger charge is 2.11. The van der Waals surface area contributed by atoms with Crippen molar-refractivity contribution in [2.24, 2.45) is 11.6 Å². The summed E-state index contributed by atoms with van der Waals surface area (Å²) in [6, 6.07) is 7.16. The second-order valence-electron chi connectivity index (χ2n) is 3.20. The van der Waals surface area contributed by atoms with E-state index in [-0.39, 0.29) is 10.7 Å². The van der Waals surface area contributed by atoms with Crippen molar-refractivity contribution in [3.8, 4) is 5.75 Å². The number of hydrazine groups is 1. The summed E-state index contributed by atoms with van der Waals surface area (Å²) in [5, 5.41) is 8.95. The lowest BCUT2D eigenvalue weighted by atomic mass is 10.3. The van der Waals surface area contributed by atoms with E-state index in [2.05, 4.69) is 5.43 Å². The van der Waals surface area contributed by atoms with Gasteiger partial charge in [-0.25, -0.2) is 10.6 Å². The number of carboxylic acid groups (broad SMARTS) is 1. The Morgan fingerprint density at radius 1 is 1.44 bits per heavy atom. The SMILES string of the molecule is CCOc1ccc(S/C(NN)=C(/N)C(=O)O)cc1. The minimum atomic E-state index is -1.22. The average Bonchev–Trinajstić information content (AvgIpc) is 2.37. The lowest BCUT2D eigenvalue weighted by Gasteiger charge is -2.09. The van der Waals surface area contributed by atoms with Gasteiger partial charge in [-0.2, -0.15) is 0 Å². The number of benzene rings is 1. The lowest BCUT2D eigenvalue weighted by molar-refractivity contribution is -0.132. The molecule has 0 atom stereocenters. The topological polar surface area (TPSA) is 111 Å². The van der Waals surface area contributed by atoms with Crippen LogP contribution in [0.1, 0.15) is 6.92 Å². The first-order chi connectivity index (χ1) is 8.58. The van der Waals surface area contributed by atoms with E-state index in [1.807, 2.05) is 6.92 Å². The zero-order valence-corrected chi connectivity index (χ0v) is 10.7. The maximum atomic E-state index is 10.7. The summed E-state index contributed by atoms with van der Waals surface area (Å²) in [4.78, 5) is 11.5. The maximum Gasteiger partial charge on any atom is 0.354 e. The van der Waals surface area contributed by atoms with Gasteiger partial charge in [0.15, 0.2) is 0 Å². The third-order valence-corrected chi connectivity index (χ3v) is 3.01. The molecule has 0 radical (unpaired) electrons. The van der Waals surface area contributed by atoms with Gasteiger partial charge in [-0.15, -0.1) is 0 Å². The molecule has 6 N–H and O–H groups in total. The van der Waals surface area contributed by atoms with E-state index in [1.54, 1.807) is 24.3 Å². The van der Waals surface area contributed by atoms with Crippen LogP contribution in [-0.4, -0.2) is 17.7 Å². The Hall–Kier alpha value is -1.86. The van der Waals surface area contributed by atoms with Crippen LogP contribution >= 0.6 is 11.8 Å². The number of ether oxygens (including phenoxy) is 1. The molecule has 0 amide bonds. The highest BCUT2D eigenvalue weighted by molar-refractivity contribution is 8.03. The van der Waals surface area contributed by atoms with Gasteiger partial charge in [-0.3, -0.25) is 0 Å². The molecule has 98 valence electrons. The Kier molecular flexibility index (Phi) is 5.34. The van der Waals surface area contributed by atoms with Crippen LogP contribution in [0.2, 0.25) is 0 Å². The van der Waals surface area contributed by atoms with Crippen molar-refractivity contribution in [2.75, 3.05) is 6.61 Å². The highest BCUT2D eigenvalue weighted by atomic mass is 32.2. The van der Waals surface area contributed by atoms with Crippen LogP contribution in [0, 0.1) is 0 Å². The molecule has 0 saturated heterocycles. The molecule has 0 aliphatic carbocycles. The third kappa shape index (κ3) is 3.86. The maximum absolute atomic E-state index is 10.7. The molecule has 0 bridgehead atoms. The van der Waals surface area contributed by atoms with E-state index in [4.69, 9.17) is 21.4 Å². The van der Waals surface area contributed by atoms with Gasteiger partial charge < -0.3 is 21.0 Å². The number of nitrogens with one attached hydrogen (secondary N) is 1. The molecule has 0 heterocycles. The summed E-state index contributed by atoms with van der Waals surface area (Å²) in [7, 11) is 0. The van der Waals surface area contributed by atoms with Crippen molar-refractivity contribution in [3.05, 3.63) is 35.0 Å². The molecule has 0 aliphatic rings. The average molecular weight is 269 g/mol. The van der Waals surface area contributed by atoms with Gasteiger partial charge in [0, 0.05) is 4.90 Å². The van der Waals surface area contributed by atoms with Crippen LogP contribution in [0.5, 0.6) is 5.75 Å². The van der Waals surface area contributed by atoms with Crippen molar-refractivity contribution >= 4 is 17.7 Å². The molecule has 7 heteroatoms. The molecule has 0 unspecified atom stereocenters. The number of hydrogen-bond donors (Lipinski definition) is 4. The van der Waals surface area contributed by atoms with Crippen LogP contribution in [0.4, 0.5) is 0 Å². The number of carbonyl (C=O) groups is 1. The summed E-state index contributed by atoms with van der Waals surface area (Å²) in [5.74, 6) is 4.77. The molecule has 0 saturated carbocycles. The van der Waals surface area contributed by atoms with Gasteiger partial charge in [-0.05, 0) is 31.2 Å². The minimum Gasteiger partial charge on any atom is -0.494 e. The van der Waals surface area contributed by atoms with E-state index in [0.29, 0.717) is 6.61 Å². The van der Waals surface area contributed by atoms with E-state index in [9.17, 15) is 4.79 Å². The zero-order chi connectivity index (χ0) is 13.5. The highest BCUT2D eigenvalue weighted by Crippen LogP contribution is 2.27. The van der Waals surface area contributed by atoms with Crippen molar-refractivity contribution in [2.45, 2.75) is 11.8 Å². The Balaban J connectivity index is 2.83. The first-order valence-electron chi connectivity index (χ1n) is 5.18. The number of nitrogens with two attached hydrogens (primary N) is 2. The zero-order valence-electron chi connectivity index (χ0n) is 9.84. The fraction of sp³-hybridized carbons (Fsp3) is 0.182. The number of hydrogen-bond acceptors (Lipinski definition) is 6. The molecule has 18 heavy (non-hydrogen) atoms. The standard InChI is InChI=1S/C11H15N3O3S/c1-2-17-7-3-5-8(6-4-7)18-10(14-13)9(12)11(15)16/h3-6,14H,2,12-13H2,1H3,(H,15,16)/b10-9+. The second-order valence-corrected chi connectivity index (χ2v) is 4.28. The quantitative estimate of drug-likeness (QED) is 0.262. The Morgan fingerprint density at radius 2 is 2.06 bits per heavy atom. The summed E-state index contributed by atoms with van der Waals surface area (Å²) in [6.07, 6.45) is 0. The molecule has 6 nitrogen and oxygen atoms in total. The van der Waals surface area contributed by atoms with Gasteiger partial charge >= 0.3 is 5.97 Å². The first kappa shape index (κ1) is 14.2. The molecule has 0 spiro atoms.